The predicted octanol–water partition coefficient (Wildman–Crippen LogP) is 1.26. The molecule has 0 unspecified atom stereocenters. The van der Waals surface area contributed by atoms with Crippen LogP contribution in [0.25, 0.3) is 0 Å². The van der Waals surface area contributed by atoms with Crippen LogP contribution in [-0.2, 0) is 13.0 Å². The fraction of sp³-hybridized carbons (Fsp3) is 0.500. The fourth-order valence-electron chi connectivity index (χ4n) is 1.50. The molecule has 0 heterocycles. The van der Waals surface area contributed by atoms with E-state index in [9.17, 15) is 0 Å². The van der Waals surface area contributed by atoms with Gasteiger partial charge in [-0.3, -0.25) is 0 Å². The number of benzene rings is 1. The lowest BCUT2D eigenvalue weighted by atomic mass is 10.1. The Hall–Kier alpha value is -1.06. The first-order valence-electron chi connectivity index (χ1n) is 5.18. The van der Waals surface area contributed by atoms with Crippen molar-refractivity contribution in [2.45, 2.75) is 13.0 Å². The summed E-state index contributed by atoms with van der Waals surface area (Å²) in [5.74, 6) is 0.953. The minimum Gasteiger partial charge on any atom is -0.496 e. The monoisotopic (exact) mass is 208 g/mol. The Bertz CT molecular complexity index is 310. The van der Waals surface area contributed by atoms with Gasteiger partial charge < -0.3 is 15.4 Å². The van der Waals surface area contributed by atoms with Crippen LogP contribution in [0.1, 0.15) is 11.1 Å². The maximum absolute atomic E-state index is 5.61. The molecule has 0 saturated carbocycles. The molecule has 15 heavy (non-hydrogen) atoms. The third-order valence-electron chi connectivity index (χ3n) is 2.41. The highest BCUT2D eigenvalue weighted by atomic mass is 16.5. The molecule has 0 saturated heterocycles. The first-order chi connectivity index (χ1) is 7.17. The summed E-state index contributed by atoms with van der Waals surface area (Å²) >= 11 is 0. The summed E-state index contributed by atoms with van der Waals surface area (Å²) in [6.07, 6.45) is 0.990. The normalized spacial score (nSPS) is 10.7. The molecule has 0 atom stereocenters. The number of nitrogens with zero attached hydrogens (tertiary/aromatic N) is 1. The van der Waals surface area contributed by atoms with Crippen LogP contribution in [0.5, 0.6) is 5.75 Å². The van der Waals surface area contributed by atoms with E-state index < -0.39 is 0 Å². The van der Waals surface area contributed by atoms with E-state index in [0.29, 0.717) is 6.54 Å². The van der Waals surface area contributed by atoms with E-state index in [1.54, 1.807) is 7.11 Å². The third-order valence-corrected chi connectivity index (χ3v) is 2.41. The lowest BCUT2D eigenvalue weighted by molar-refractivity contribution is 0.392. The van der Waals surface area contributed by atoms with Crippen LogP contribution < -0.4 is 10.5 Å². The van der Waals surface area contributed by atoms with E-state index in [2.05, 4.69) is 25.1 Å². The summed E-state index contributed by atoms with van der Waals surface area (Å²) in [7, 11) is 5.84. The summed E-state index contributed by atoms with van der Waals surface area (Å²) < 4.78 is 5.32. The highest BCUT2D eigenvalue weighted by molar-refractivity contribution is 5.37. The van der Waals surface area contributed by atoms with Gasteiger partial charge in [-0.2, -0.15) is 0 Å². The quantitative estimate of drug-likeness (QED) is 0.791. The number of hydrogen-bond acceptors (Lipinski definition) is 3. The van der Waals surface area contributed by atoms with Crippen molar-refractivity contribution in [1.29, 1.82) is 0 Å². The average molecular weight is 208 g/mol. The molecule has 1 aromatic rings. The zero-order chi connectivity index (χ0) is 11.3. The van der Waals surface area contributed by atoms with E-state index in [-0.39, 0.29) is 0 Å². The Balaban J connectivity index is 2.81. The SMILES string of the molecule is COc1ccc(CN)cc1CCN(C)C. The van der Waals surface area contributed by atoms with Crippen molar-refractivity contribution in [2.75, 3.05) is 27.7 Å². The number of hydrogen-bond donors (Lipinski definition) is 1. The van der Waals surface area contributed by atoms with E-state index in [0.717, 1.165) is 24.3 Å². The maximum atomic E-state index is 5.61. The second-order valence-electron chi connectivity index (χ2n) is 3.90. The Morgan fingerprint density at radius 3 is 2.60 bits per heavy atom. The van der Waals surface area contributed by atoms with Gasteiger partial charge in [0, 0.05) is 13.1 Å². The molecule has 1 rings (SSSR count). The highest BCUT2D eigenvalue weighted by Crippen LogP contribution is 2.20. The Morgan fingerprint density at radius 2 is 2.07 bits per heavy atom. The zero-order valence-electron chi connectivity index (χ0n) is 9.79. The van der Waals surface area contributed by atoms with Gasteiger partial charge in [-0.05, 0) is 37.7 Å². The summed E-state index contributed by atoms with van der Waals surface area (Å²) in [4.78, 5) is 2.16. The van der Waals surface area contributed by atoms with Crippen LogP contribution in [-0.4, -0.2) is 32.6 Å². The van der Waals surface area contributed by atoms with Crippen LogP contribution in [0.15, 0.2) is 18.2 Å². The van der Waals surface area contributed by atoms with Gasteiger partial charge in [0.2, 0.25) is 0 Å². The molecule has 0 aliphatic heterocycles. The molecule has 1 aromatic carbocycles. The fourth-order valence-corrected chi connectivity index (χ4v) is 1.50. The zero-order valence-corrected chi connectivity index (χ0v) is 9.79. The van der Waals surface area contributed by atoms with Gasteiger partial charge in [0.25, 0.3) is 0 Å². The second kappa shape index (κ2) is 5.73. The minimum absolute atomic E-state index is 0.582. The van der Waals surface area contributed by atoms with Gasteiger partial charge >= 0.3 is 0 Å². The maximum Gasteiger partial charge on any atom is 0.122 e. The Labute approximate surface area is 91.8 Å². The number of ether oxygens (including phenoxy) is 1. The smallest absolute Gasteiger partial charge is 0.122 e. The molecular formula is C12H20N2O. The predicted molar refractivity (Wildman–Crippen MR) is 63.1 cm³/mol. The van der Waals surface area contributed by atoms with Crippen LogP contribution >= 0.6 is 0 Å². The molecule has 0 aromatic heterocycles. The Kier molecular flexibility index (Phi) is 4.59. The van der Waals surface area contributed by atoms with Crippen molar-refractivity contribution in [3.63, 3.8) is 0 Å². The summed E-state index contributed by atoms with van der Waals surface area (Å²) in [5, 5.41) is 0. The lowest BCUT2D eigenvalue weighted by Crippen LogP contribution is -2.15. The molecular weight excluding hydrogens is 188 g/mol. The molecule has 3 heteroatoms. The van der Waals surface area contributed by atoms with E-state index >= 15 is 0 Å². The van der Waals surface area contributed by atoms with Crippen molar-refractivity contribution in [3.8, 4) is 5.75 Å². The van der Waals surface area contributed by atoms with Crippen molar-refractivity contribution in [1.82, 2.24) is 4.90 Å². The number of rotatable bonds is 5. The van der Waals surface area contributed by atoms with Crippen molar-refractivity contribution >= 4 is 0 Å². The highest BCUT2D eigenvalue weighted by Gasteiger charge is 2.04. The van der Waals surface area contributed by atoms with Crippen LogP contribution in [0.4, 0.5) is 0 Å². The van der Waals surface area contributed by atoms with Gasteiger partial charge in [0.15, 0.2) is 0 Å². The number of likely N-dealkylation sites (N-methyl/N-ethyl adjacent to an activating group) is 1. The van der Waals surface area contributed by atoms with Gasteiger partial charge in [-0.25, -0.2) is 0 Å². The van der Waals surface area contributed by atoms with Crippen LogP contribution in [0.3, 0.4) is 0 Å². The summed E-state index contributed by atoms with van der Waals surface area (Å²) in [6.45, 7) is 1.60. The van der Waals surface area contributed by atoms with Gasteiger partial charge in [-0.15, -0.1) is 0 Å². The first-order valence-corrected chi connectivity index (χ1v) is 5.18. The third kappa shape index (κ3) is 3.53. The molecule has 0 aliphatic carbocycles. The molecule has 2 N–H and O–H groups in total. The lowest BCUT2D eigenvalue weighted by Gasteiger charge is -2.13. The van der Waals surface area contributed by atoms with Gasteiger partial charge in [0.1, 0.15) is 5.75 Å². The molecule has 0 amide bonds. The number of nitrogens with two attached hydrogens (primary N) is 1. The molecule has 0 fully saturated rings. The second-order valence-corrected chi connectivity index (χ2v) is 3.90. The van der Waals surface area contributed by atoms with Crippen LogP contribution in [0.2, 0.25) is 0 Å². The molecule has 0 spiro atoms. The average Bonchev–Trinajstić information content (AvgIpc) is 2.25. The summed E-state index contributed by atoms with van der Waals surface area (Å²) in [6, 6.07) is 6.13. The molecule has 0 radical (unpaired) electrons. The standard InChI is InChI=1S/C12H20N2O/c1-14(2)7-6-11-8-10(9-13)4-5-12(11)15-3/h4-5,8H,6-7,9,13H2,1-3H3. The van der Waals surface area contributed by atoms with Gasteiger partial charge in [-0.1, -0.05) is 12.1 Å². The summed E-state index contributed by atoms with van der Waals surface area (Å²) in [5.41, 5.74) is 8.00. The van der Waals surface area contributed by atoms with E-state index in [4.69, 9.17) is 10.5 Å². The largest absolute Gasteiger partial charge is 0.496 e. The van der Waals surface area contributed by atoms with Gasteiger partial charge in [0.05, 0.1) is 7.11 Å². The van der Waals surface area contributed by atoms with E-state index in [1.807, 2.05) is 12.1 Å². The van der Waals surface area contributed by atoms with Crippen molar-refractivity contribution in [3.05, 3.63) is 29.3 Å². The van der Waals surface area contributed by atoms with Crippen LogP contribution in [0, 0.1) is 0 Å². The molecule has 0 aliphatic rings. The first kappa shape index (κ1) is 12.0. The topological polar surface area (TPSA) is 38.5 Å². The minimum atomic E-state index is 0.582. The number of methoxy groups -OCH3 is 1. The molecule has 3 nitrogen and oxygen atoms in total. The molecule has 0 bridgehead atoms. The van der Waals surface area contributed by atoms with E-state index in [1.165, 1.54) is 5.56 Å². The Morgan fingerprint density at radius 1 is 1.33 bits per heavy atom. The van der Waals surface area contributed by atoms with Crippen molar-refractivity contribution in [2.24, 2.45) is 5.73 Å². The molecule has 84 valence electrons. The van der Waals surface area contributed by atoms with Crippen molar-refractivity contribution < 1.29 is 4.74 Å².